The van der Waals surface area contributed by atoms with Gasteiger partial charge < -0.3 is 19.9 Å². The van der Waals surface area contributed by atoms with Crippen LogP contribution in [0.2, 0.25) is 0 Å². The zero-order chi connectivity index (χ0) is 14.4. The predicted molar refractivity (Wildman–Crippen MR) is 73.6 cm³/mol. The first-order chi connectivity index (χ1) is 9.03. The van der Waals surface area contributed by atoms with Crippen LogP contribution in [0, 0.1) is 0 Å². The molecule has 0 aliphatic heterocycles. The second kappa shape index (κ2) is 6.74. The summed E-state index contributed by atoms with van der Waals surface area (Å²) in [6.07, 6.45) is -0.710. The minimum atomic E-state index is -0.710. The van der Waals surface area contributed by atoms with E-state index < -0.39 is 6.09 Å². The van der Waals surface area contributed by atoms with Gasteiger partial charge in [-0.1, -0.05) is 0 Å². The normalized spacial score (nSPS) is 9.63. The van der Waals surface area contributed by atoms with E-state index in [1.165, 1.54) is 20.3 Å². The van der Waals surface area contributed by atoms with Crippen molar-refractivity contribution < 1.29 is 19.0 Å². The number of amides is 1. The van der Waals surface area contributed by atoms with E-state index in [4.69, 9.17) is 32.2 Å². The van der Waals surface area contributed by atoms with Gasteiger partial charge in [-0.05, 0) is 19.1 Å². The molecule has 0 spiro atoms. The Kier molecular flexibility index (Phi) is 5.31. The standard InChI is InChI=1S/C11H15N3O4S/c1-4-18-11(15)14(10(12)19)8-5-7(16-2)6-9(13-8)17-3/h5-6H,4H2,1-3H3,(H2,12,19). The lowest BCUT2D eigenvalue weighted by atomic mass is 10.4. The number of anilines is 1. The summed E-state index contributed by atoms with van der Waals surface area (Å²) in [5, 5.41) is -0.179. The van der Waals surface area contributed by atoms with Crippen LogP contribution in [0.15, 0.2) is 12.1 Å². The summed E-state index contributed by atoms with van der Waals surface area (Å²) in [7, 11) is 2.93. The van der Waals surface area contributed by atoms with Gasteiger partial charge >= 0.3 is 6.09 Å². The first-order valence-corrected chi connectivity index (χ1v) is 5.80. The number of nitrogens with zero attached hydrogens (tertiary/aromatic N) is 2. The van der Waals surface area contributed by atoms with Crippen LogP contribution in [0.5, 0.6) is 11.6 Å². The number of carbonyl (C=O) groups is 1. The molecule has 0 saturated carbocycles. The van der Waals surface area contributed by atoms with Gasteiger partial charge in [-0.3, -0.25) is 0 Å². The fourth-order valence-corrected chi connectivity index (χ4v) is 1.46. The maximum atomic E-state index is 11.8. The van der Waals surface area contributed by atoms with Crippen LogP contribution in [-0.4, -0.2) is 37.0 Å². The molecule has 104 valence electrons. The molecule has 0 atom stereocenters. The average Bonchev–Trinajstić information content (AvgIpc) is 2.38. The second-order valence-electron chi connectivity index (χ2n) is 3.28. The van der Waals surface area contributed by atoms with E-state index in [1.54, 1.807) is 13.0 Å². The van der Waals surface area contributed by atoms with Gasteiger partial charge in [-0.25, -0.2) is 9.69 Å². The molecule has 0 saturated heterocycles. The van der Waals surface area contributed by atoms with E-state index in [9.17, 15) is 4.79 Å². The number of thiocarbonyl (C=S) groups is 1. The highest BCUT2D eigenvalue weighted by Gasteiger charge is 2.22. The van der Waals surface area contributed by atoms with Crippen molar-refractivity contribution in [3.8, 4) is 11.6 Å². The highest BCUT2D eigenvalue weighted by atomic mass is 32.1. The molecule has 1 amide bonds. The number of rotatable bonds is 4. The Bertz CT molecular complexity index is 459. The van der Waals surface area contributed by atoms with Gasteiger partial charge in [-0.15, -0.1) is 0 Å². The lowest BCUT2D eigenvalue weighted by Gasteiger charge is -2.19. The molecule has 1 aromatic rings. The minimum absolute atomic E-state index is 0.169. The summed E-state index contributed by atoms with van der Waals surface area (Å²) in [4.78, 5) is 16.8. The third-order valence-corrected chi connectivity index (χ3v) is 2.29. The Labute approximate surface area is 116 Å². The number of pyridine rings is 1. The quantitative estimate of drug-likeness (QED) is 0.834. The number of ether oxygens (including phenoxy) is 3. The SMILES string of the molecule is CCOC(=O)N(C(N)=S)c1cc(OC)cc(OC)n1. The van der Waals surface area contributed by atoms with Gasteiger partial charge in [0, 0.05) is 12.1 Å². The first kappa shape index (κ1) is 15.0. The molecule has 2 N–H and O–H groups in total. The summed E-state index contributed by atoms with van der Waals surface area (Å²) < 4.78 is 15.0. The van der Waals surface area contributed by atoms with Crippen molar-refractivity contribution in [2.24, 2.45) is 5.73 Å². The summed E-state index contributed by atoms with van der Waals surface area (Å²) >= 11 is 4.83. The maximum absolute atomic E-state index is 11.8. The number of carbonyl (C=O) groups excluding carboxylic acids is 1. The highest BCUT2D eigenvalue weighted by Crippen LogP contribution is 2.24. The Morgan fingerprint density at radius 1 is 1.42 bits per heavy atom. The molecule has 0 fully saturated rings. The topological polar surface area (TPSA) is 86.9 Å². The van der Waals surface area contributed by atoms with Crippen LogP contribution in [0.4, 0.5) is 10.6 Å². The lowest BCUT2D eigenvalue weighted by Crippen LogP contribution is -2.41. The van der Waals surface area contributed by atoms with Crippen molar-refractivity contribution in [1.82, 2.24) is 4.98 Å². The Balaban J connectivity index is 3.21. The van der Waals surface area contributed by atoms with E-state index in [-0.39, 0.29) is 23.4 Å². The smallest absolute Gasteiger partial charge is 0.422 e. The van der Waals surface area contributed by atoms with Crippen LogP contribution in [-0.2, 0) is 4.74 Å². The number of hydrogen-bond donors (Lipinski definition) is 1. The van der Waals surface area contributed by atoms with Gasteiger partial charge in [0.1, 0.15) is 5.75 Å². The summed E-state index contributed by atoms with van der Waals surface area (Å²) in [6.45, 7) is 1.87. The molecule has 1 aromatic heterocycles. The molecule has 1 heterocycles. The minimum Gasteiger partial charge on any atom is -0.496 e. The molecule has 0 radical (unpaired) electrons. The first-order valence-electron chi connectivity index (χ1n) is 5.39. The summed E-state index contributed by atoms with van der Waals surface area (Å²) in [5.41, 5.74) is 5.52. The highest BCUT2D eigenvalue weighted by molar-refractivity contribution is 7.80. The fraction of sp³-hybridized carbons (Fsp3) is 0.364. The maximum Gasteiger partial charge on any atom is 0.422 e. The largest absolute Gasteiger partial charge is 0.496 e. The number of hydrogen-bond acceptors (Lipinski definition) is 6. The molecule has 0 aromatic carbocycles. The average molecular weight is 285 g/mol. The number of methoxy groups -OCH3 is 2. The second-order valence-corrected chi connectivity index (χ2v) is 3.70. The summed E-state index contributed by atoms with van der Waals surface area (Å²) in [6, 6.07) is 3.06. The Morgan fingerprint density at radius 3 is 2.58 bits per heavy atom. The molecule has 19 heavy (non-hydrogen) atoms. The van der Waals surface area contributed by atoms with Crippen LogP contribution < -0.4 is 20.1 Å². The van der Waals surface area contributed by atoms with Crippen molar-refractivity contribution in [3.05, 3.63) is 12.1 Å². The van der Waals surface area contributed by atoms with Gasteiger partial charge in [0.15, 0.2) is 10.9 Å². The molecular weight excluding hydrogens is 270 g/mol. The van der Waals surface area contributed by atoms with Crippen molar-refractivity contribution in [1.29, 1.82) is 0 Å². The van der Waals surface area contributed by atoms with E-state index in [1.807, 2.05) is 0 Å². The predicted octanol–water partition coefficient (Wildman–Crippen LogP) is 1.31. The molecule has 0 bridgehead atoms. The van der Waals surface area contributed by atoms with Crippen LogP contribution >= 0.6 is 12.2 Å². The third kappa shape index (κ3) is 3.68. The molecule has 7 nitrogen and oxygen atoms in total. The third-order valence-electron chi connectivity index (χ3n) is 2.11. The van der Waals surface area contributed by atoms with Gasteiger partial charge in [0.2, 0.25) is 5.88 Å². The van der Waals surface area contributed by atoms with Crippen molar-refractivity contribution >= 4 is 29.2 Å². The zero-order valence-electron chi connectivity index (χ0n) is 10.9. The van der Waals surface area contributed by atoms with Gasteiger partial charge in [0.25, 0.3) is 0 Å². The van der Waals surface area contributed by atoms with E-state index in [0.717, 1.165) is 4.90 Å². The van der Waals surface area contributed by atoms with Gasteiger partial charge in [0.05, 0.1) is 20.8 Å². The Hall–Kier alpha value is -2.09. The molecule has 8 heteroatoms. The molecule has 1 rings (SSSR count). The van der Waals surface area contributed by atoms with Gasteiger partial charge in [-0.2, -0.15) is 4.98 Å². The van der Waals surface area contributed by atoms with Crippen molar-refractivity contribution in [2.45, 2.75) is 6.92 Å². The lowest BCUT2D eigenvalue weighted by molar-refractivity contribution is 0.163. The van der Waals surface area contributed by atoms with Crippen LogP contribution in [0.3, 0.4) is 0 Å². The monoisotopic (exact) mass is 285 g/mol. The van der Waals surface area contributed by atoms with Crippen LogP contribution in [0.1, 0.15) is 6.92 Å². The van der Waals surface area contributed by atoms with E-state index in [0.29, 0.717) is 5.75 Å². The van der Waals surface area contributed by atoms with Crippen molar-refractivity contribution in [3.63, 3.8) is 0 Å². The number of nitrogens with two attached hydrogens (primary N) is 1. The molecule has 0 unspecified atom stereocenters. The molecule has 0 aliphatic rings. The molecular formula is C11H15N3O4S. The number of aromatic nitrogens is 1. The summed E-state index contributed by atoms with van der Waals surface area (Å²) in [5.74, 6) is 0.884. The molecule has 0 aliphatic carbocycles. The Morgan fingerprint density at radius 2 is 2.11 bits per heavy atom. The van der Waals surface area contributed by atoms with E-state index in [2.05, 4.69) is 4.98 Å². The van der Waals surface area contributed by atoms with E-state index >= 15 is 0 Å². The fourth-order valence-electron chi connectivity index (χ4n) is 1.29. The van der Waals surface area contributed by atoms with Crippen LogP contribution in [0.25, 0.3) is 0 Å². The zero-order valence-corrected chi connectivity index (χ0v) is 11.7. The van der Waals surface area contributed by atoms with Crippen molar-refractivity contribution in [2.75, 3.05) is 25.7 Å².